The van der Waals surface area contributed by atoms with Crippen LogP contribution in [0.15, 0.2) is 30.3 Å². The molecule has 0 spiro atoms. The van der Waals surface area contributed by atoms with E-state index < -0.39 is 6.10 Å². The Morgan fingerprint density at radius 1 is 1.31 bits per heavy atom. The van der Waals surface area contributed by atoms with Gasteiger partial charge in [-0.05, 0) is 18.4 Å². The summed E-state index contributed by atoms with van der Waals surface area (Å²) < 4.78 is 0. The molecule has 1 N–H and O–H groups in total. The van der Waals surface area contributed by atoms with E-state index in [0.717, 1.165) is 6.42 Å². The first kappa shape index (κ1) is 12.9. The number of ketones is 1. The summed E-state index contributed by atoms with van der Waals surface area (Å²) in [6.07, 6.45) is 1.46. The predicted molar refractivity (Wildman–Crippen MR) is 65.2 cm³/mol. The van der Waals surface area contributed by atoms with E-state index in [4.69, 9.17) is 0 Å². The molecule has 2 nitrogen and oxygen atoms in total. The van der Waals surface area contributed by atoms with Crippen molar-refractivity contribution in [1.82, 2.24) is 0 Å². The molecule has 2 atom stereocenters. The molecule has 2 unspecified atom stereocenters. The number of Topliss-reactive ketones (excluding diaryl/α,β-unsaturated/α-hetero) is 1. The normalized spacial score (nSPS) is 14.4. The van der Waals surface area contributed by atoms with Crippen LogP contribution in [-0.4, -0.2) is 17.0 Å². The molecule has 0 aliphatic rings. The molecule has 1 rings (SSSR count). The highest BCUT2D eigenvalue weighted by molar-refractivity contribution is 5.80. The highest BCUT2D eigenvalue weighted by Gasteiger charge is 2.19. The number of hydrogen-bond donors (Lipinski definition) is 1. The Labute approximate surface area is 97.3 Å². The third-order valence-electron chi connectivity index (χ3n) is 3.01. The van der Waals surface area contributed by atoms with Gasteiger partial charge in [-0.2, -0.15) is 0 Å². The molecule has 0 heterocycles. The van der Waals surface area contributed by atoms with Crippen LogP contribution >= 0.6 is 0 Å². The maximum atomic E-state index is 11.4. The zero-order chi connectivity index (χ0) is 12.0. The molecule has 0 bridgehead atoms. The molecule has 2 heteroatoms. The Bertz CT molecular complexity index is 319. The van der Waals surface area contributed by atoms with E-state index in [1.54, 1.807) is 0 Å². The molecule has 0 aromatic heterocycles. The Hall–Kier alpha value is -1.15. The Kier molecular flexibility index (Phi) is 5.20. The molecule has 0 amide bonds. The molecule has 0 aliphatic heterocycles. The average Bonchev–Trinajstić information content (AvgIpc) is 2.35. The SMILES string of the molecule is CCC(=O)C(C)C(O)CCc1ccccc1. The minimum atomic E-state index is -0.521. The largest absolute Gasteiger partial charge is 0.392 e. The van der Waals surface area contributed by atoms with Crippen LogP contribution in [-0.2, 0) is 11.2 Å². The zero-order valence-electron chi connectivity index (χ0n) is 10.0. The van der Waals surface area contributed by atoms with E-state index >= 15 is 0 Å². The fourth-order valence-electron chi connectivity index (χ4n) is 1.75. The molecule has 1 aromatic rings. The number of hydrogen-bond acceptors (Lipinski definition) is 2. The van der Waals surface area contributed by atoms with Gasteiger partial charge in [-0.15, -0.1) is 0 Å². The number of benzene rings is 1. The first-order valence-electron chi connectivity index (χ1n) is 5.89. The summed E-state index contributed by atoms with van der Waals surface area (Å²) in [6.45, 7) is 3.64. The van der Waals surface area contributed by atoms with Crippen LogP contribution in [0.3, 0.4) is 0 Å². The lowest BCUT2D eigenvalue weighted by Gasteiger charge is -2.16. The van der Waals surface area contributed by atoms with Crippen molar-refractivity contribution in [2.24, 2.45) is 5.92 Å². The number of aryl methyl sites for hydroxylation is 1. The van der Waals surface area contributed by atoms with Crippen molar-refractivity contribution < 1.29 is 9.90 Å². The van der Waals surface area contributed by atoms with Gasteiger partial charge in [0.15, 0.2) is 0 Å². The van der Waals surface area contributed by atoms with Gasteiger partial charge in [0.05, 0.1) is 6.10 Å². The van der Waals surface area contributed by atoms with E-state index in [2.05, 4.69) is 0 Å². The highest BCUT2D eigenvalue weighted by Crippen LogP contribution is 2.13. The minimum absolute atomic E-state index is 0.139. The maximum absolute atomic E-state index is 11.4. The van der Waals surface area contributed by atoms with Crippen LogP contribution in [0.4, 0.5) is 0 Å². The Morgan fingerprint density at radius 2 is 1.94 bits per heavy atom. The third kappa shape index (κ3) is 3.78. The van der Waals surface area contributed by atoms with Crippen molar-refractivity contribution in [3.8, 4) is 0 Å². The van der Waals surface area contributed by atoms with Gasteiger partial charge in [0.2, 0.25) is 0 Å². The van der Waals surface area contributed by atoms with Crippen molar-refractivity contribution in [2.45, 2.75) is 39.2 Å². The van der Waals surface area contributed by atoms with Gasteiger partial charge in [0, 0.05) is 12.3 Å². The molecule has 0 radical (unpaired) electrons. The number of carbonyl (C=O) groups is 1. The number of aliphatic hydroxyl groups excluding tert-OH is 1. The molecule has 16 heavy (non-hydrogen) atoms. The first-order chi connectivity index (χ1) is 7.65. The molecular formula is C14H20O2. The summed E-state index contributed by atoms with van der Waals surface area (Å²) >= 11 is 0. The van der Waals surface area contributed by atoms with Crippen molar-refractivity contribution in [2.75, 3.05) is 0 Å². The minimum Gasteiger partial charge on any atom is -0.392 e. The smallest absolute Gasteiger partial charge is 0.138 e. The quantitative estimate of drug-likeness (QED) is 0.800. The molecular weight excluding hydrogens is 200 g/mol. The predicted octanol–water partition coefficient (Wildman–Crippen LogP) is 2.60. The number of carbonyl (C=O) groups excluding carboxylic acids is 1. The van der Waals surface area contributed by atoms with Crippen LogP contribution in [0, 0.1) is 5.92 Å². The van der Waals surface area contributed by atoms with E-state index in [1.165, 1.54) is 5.56 Å². The molecule has 0 saturated heterocycles. The van der Waals surface area contributed by atoms with E-state index in [0.29, 0.717) is 12.8 Å². The highest BCUT2D eigenvalue weighted by atomic mass is 16.3. The lowest BCUT2D eigenvalue weighted by atomic mass is 9.93. The topological polar surface area (TPSA) is 37.3 Å². The lowest BCUT2D eigenvalue weighted by molar-refractivity contribution is -0.125. The van der Waals surface area contributed by atoms with Crippen LogP contribution in [0.25, 0.3) is 0 Å². The standard InChI is InChI=1S/C14H20O2/c1-3-13(15)11(2)14(16)10-9-12-7-5-4-6-8-12/h4-8,11,14,16H,3,9-10H2,1-2H3. The molecule has 1 aromatic carbocycles. The Morgan fingerprint density at radius 3 is 2.50 bits per heavy atom. The van der Waals surface area contributed by atoms with Crippen LogP contribution < -0.4 is 0 Å². The van der Waals surface area contributed by atoms with Crippen molar-refractivity contribution in [3.63, 3.8) is 0 Å². The summed E-state index contributed by atoms with van der Waals surface area (Å²) in [5.74, 6) is -0.103. The fraction of sp³-hybridized carbons (Fsp3) is 0.500. The van der Waals surface area contributed by atoms with E-state index in [-0.39, 0.29) is 11.7 Å². The summed E-state index contributed by atoms with van der Waals surface area (Å²) in [7, 11) is 0. The molecule has 0 saturated carbocycles. The van der Waals surface area contributed by atoms with Crippen LogP contribution in [0.1, 0.15) is 32.3 Å². The first-order valence-corrected chi connectivity index (χ1v) is 5.89. The van der Waals surface area contributed by atoms with Crippen molar-refractivity contribution in [1.29, 1.82) is 0 Å². The van der Waals surface area contributed by atoms with Gasteiger partial charge < -0.3 is 5.11 Å². The fourth-order valence-corrected chi connectivity index (χ4v) is 1.75. The second-order valence-corrected chi connectivity index (χ2v) is 4.20. The summed E-state index contributed by atoms with van der Waals surface area (Å²) in [5.41, 5.74) is 1.21. The number of rotatable bonds is 6. The second-order valence-electron chi connectivity index (χ2n) is 4.20. The van der Waals surface area contributed by atoms with Gasteiger partial charge >= 0.3 is 0 Å². The average molecular weight is 220 g/mol. The van der Waals surface area contributed by atoms with Crippen LogP contribution in [0.2, 0.25) is 0 Å². The molecule has 88 valence electrons. The maximum Gasteiger partial charge on any atom is 0.138 e. The van der Waals surface area contributed by atoms with E-state index in [9.17, 15) is 9.90 Å². The van der Waals surface area contributed by atoms with Gasteiger partial charge in [-0.25, -0.2) is 0 Å². The summed E-state index contributed by atoms with van der Waals surface area (Å²) in [6, 6.07) is 10.0. The second kappa shape index (κ2) is 6.44. The molecule has 0 fully saturated rings. The zero-order valence-corrected chi connectivity index (χ0v) is 10.0. The van der Waals surface area contributed by atoms with Gasteiger partial charge in [-0.1, -0.05) is 44.2 Å². The summed E-state index contributed by atoms with van der Waals surface area (Å²) in [4.78, 5) is 11.4. The summed E-state index contributed by atoms with van der Waals surface area (Å²) in [5, 5.41) is 9.86. The Balaban J connectivity index is 2.41. The van der Waals surface area contributed by atoms with E-state index in [1.807, 2.05) is 44.2 Å². The van der Waals surface area contributed by atoms with Crippen LogP contribution in [0.5, 0.6) is 0 Å². The third-order valence-corrected chi connectivity index (χ3v) is 3.01. The van der Waals surface area contributed by atoms with Gasteiger partial charge in [0.1, 0.15) is 5.78 Å². The number of aliphatic hydroxyl groups is 1. The van der Waals surface area contributed by atoms with Crippen molar-refractivity contribution >= 4 is 5.78 Å². The molecule has 0 aliphatic carbocycles. The lowest BCUT2D eigenvalue weighted by Crippen LogP contribution is -2.25. The van der Waals surface area contributed by atoms with Gasteiger partial charge in [-0.3, -0.25) is 4.79 Å². The van der Waals surface area contributed by atoms with Crippen molar-refractivity contribution in [3.05, 3.63) is 35.9 Å². The monoisotopic (exact) mass is 220 g/mol. The van der Waals surface area contributed by atoms with Gasteiger partial charge in [0.25, 0.3) is 0 Å².